The van der Waals surface area contributed by atoms with E-state index in [-0.39, 0.29) is 5.28 Å². The lowest BCUT2D eigenvalue weighted by Crippen LogP contribution is -1.97. The molecule has 0 bridgehead atoms. The van der Waals surface area contributed by atoms with Gasteiger partial charge in [-0.25, -0.2) is 4.98 Å². The molecule has 2 heterocycles. The highest BCUT2D eigenvalue weighted by Gasteiger charge is 2.16. The van der Waals surface area contributed by atoms with Crippen LogP contribution in [0.15, 0.2) is 133 Å². The number of halogens is 1. The van der Waals surface area contributed by atoms with Crippen LogP contribution in [0.3, 0.4) is 0 Å². The van der Waals surface area contributed by atoms with Crippen molar-refractivity contribution in [3.05, 3.63) is 139 Å². The largest absolute Gasteiger partial charge is 0.226 e. The Hall–Kier alpha value is -4.90. The van der Waals surface area contributed by atoms with Crippen molar-refractivity contribution in [3.63, 3.8) is 0 Å². The van der Waals surface area contributed by atoms with Gasteiger partial charge in [0.15, 0.2) is 11.6 Å². The molecule has 198 valence electrons. The molecule has 0 saturated carbocycles. The molecule has 0 radical (unpaired) electrons. The van der Waals surface area contributed by atoms with Crippen molar-refractivity contribution < 1.29 is 0 Å². The van der Waals surface area contributed by atoms with Gasteiger partial charge in [0, 0.05) is 31.3 Å². The molecule has 0 fully saturated rings. The van der Waals surface area contributed by atoms with Gasteiger partial charge in [0.05, 0.1) is 0 Å². The van der Waals surface area contributed by atoms with Crippen LogP contribution >= 0.6 is 22.9 Å². The van der Waals surface area contributed by atoms with E-state index in [1.165, 1.54) is 36.7 Å². The zero-order chi connectivity index (χ0) is 28.0. The number of fused-ring (bicyclic) bond motifs is 4. The van der Waals surface area contributed by atoms with Gasteiger partial charge in [0.2, 0.25) is 5.28 Å². The first-order chi connectivity index (χ1) is 20.7. The predicted molar refractivity (Wildman–Crippen MR) is 177 cm³/mol. The number of hydrogen-bond donors (Lipinski definition) is 0. The number of thiophene rings is 1. The minimum atomic E-state index is 0.176. The van der Waals surface area contributed by atoms with Gasteiger partial charge in [-0.1, -0.05) is 109 Å². The van der Waals surface area contributed by atoms with Crippen molar-refractivity contribution in [3.8, 4) is 45.0 Å². The molecule has 6 aromatic carbocycles. The molecule has 3 nitrogen and oxygen atoms in total. The van der Waals surface area contributed by atoms with E-state index in [2.05, 4.69) is 125 Å². The maximum atomic E-state index is 6.53. The third-order valence-corrected chi connectivity index (χ3v) is 8.98. The van der Waals surface area contributed by atoms with Gasteiger partial charge >= 0.3 is 0 Å². The minimum Gasteiger partial charge on any atom is -0.208 e. The Labute approximate surface area is 251 Å². The lowest BCUT2D eigenvalue weighted by Gasteiger charge is -2.11. The summed E-state index contributed by atoms with van der Waals surface area (Å²) in [5, 5.41) is 4.94. The lowest BCUT2D eigenvalue weighted by molar-refractivity contribution is 1.07. The Balaban J connectivity index is 1.24. The van der Waals surface area contributed by atoms with Gasteiger partial charge in [0.25, 0.3) is 0 Å². The molecule has 5 heteroatoms. The van der Waals surface area contributed by atoms with Crippen LogP contribution in [0.5, 0.6) is 0 Å². The summed E-state index contributed by atoms with van der Waals surface area (Å²) < 4.78 is 2.43. The van der Waals surface area contributed by atoms with Crippen LogP contribution < -0.4 is 0 Å². The van der Waals surface area contributed by atoms with E-state index in [1.54, 1.807) is 11.3 Å². The molecular formula is C37H22ClN3S. The average molecular weight is 576 g/mol. The molecule has 0 atom stereocenters. The number of nitrogens with zero attached hydrogens (tertiary/aromatic N) is 3. The second-order valence-corrected chi connectivity index (χ2v) is 11.6. The molecule has 8 rings (SSSR count). The summed E-state index contributed by atoms with van der Waals surface area (Å²) in [6, 6.07) is 46.6. The van der Waals surface area contributed by atoms with Crippen LogP contribution in [-0.4, -0.2) is 15.0 Å². The summed E-state index contributed by atoms with van der Waals surface area (Å²) in [5.74, 6) is 1.12. The maximum absolute atomic E-state index is 6.53. The van der Waals surface area contributed by atoms with Crippen molar-refractivity contribution in [2.75, 3.05) is 0 Å². The first-order valence-electron chi connectivity index (χ1n) is 13.7. The summed E-state index contributed by atoms with van der Waals surface area (Å²) in [7, 11) is 0. The number of aromatic nitrogens is 3. The fourth-order valence-electron chi connectivity index (χ4n) is 5.72. The van der Waals surface area contributed by atoms with E-state index in [1.807, 2.05) is 18.2 Å². The van der Waals surface area contributed by atoms with Gasteiger partial charge in [-0.05, 0) is 68.9 Å². The number of hydrogen-bond acceptors (Lipinski definition) is 4. The highest BCUT2D eigenvalue weighted by molar-refractivity contribution is 7.25. The van der Waals surface area contributed by atoms with Crippen LogP contribution in [0.25, 0.3) is 76.0 Å². The topological polar surface area (TPSA) is 38.7 Å². The summed E-state index contributed by atoms with van der Waals surface area (Å²) in [6.45, 7) is 0. The molecule has 8 aromatic rings. The van der Waals surface area contributed by atoms with Crippen molar-refractivity contribution in [2.45, 2.75) is 0 Å². The molecule has 2 aromatic heterocycles. The van der Waals surface area contributed by atoms with E-state index in [0.717, 1.165) is 27.6 Å². The highest BCUT2D eigenvalue weighted by atomic mass is 35.5. The monoisotopic (exact) mass is 575 g/mol. The van der Waals surface area contributed by atoms with E-state index in [4.69, 9.17) is 16.6 Å². The van der Waals surface area contributed by atoms with Crippen molar-refractivity contribution in [1.82, 2.24) is 15.0 Å². The van der Waals surface area contributed by atoms with Crippen molar-refractivity contribution >= 4 is 53.9 Å². The van der Waals surface area contributed by atoms with E-state index in [0.29, 0.717) is 11.6 Å². The molecule has 0 N–H and O–H groups in total. The first-order valence-corrected chi connectivity index (χ1v) is 14.9. The first kappa shape index (κ1) is 24.9. The second-order valence-electron chi connectivity index (χ2n) is 10.2. The number of rotatable bonds is 4. The normalized spacial score (nSPS) is 11.5. The summed E-state index contributed by atoms with van der Waals surface area (Å²) in [6.07, 6.45) is 0. The van der Waals surface area contributed by atoms with Crippen molar-refractivity contribution in [1.29, 1.82) is 0 Å². The molecule has 0 aliphatic heterocycles. The Morgan fingerprint density at radius 2 is 1.14 bits per heavy atom. The molecule has 0 amide bonds. The molecule has 0 aliphatic carbocycles. The van der Waals surface area contributed by atoms with Gasteiger partial charge < -0.3 is 0 Å². The zero-order valence-corrected chi connectivity index (χ0v) is 23.9. The van der Waals surface area contributed by atoms with Crippen molar-refractivity contribution in [2.24, 2.45) is 0 Å². The second kappa shape index (κ2) is 10.2. The van der Waals surface area contributed by atoms with Crippen LogP contribution in [0.1, 0.15) is 0 Å². The van der Waals surface area contributed by atoms with Gasteiger partial charge in [0.1, 0.15) is 0 Å². The summed E-state index contributed by atoms with van der Waals surface area (Å²) >= 11 is 8.30. The Bertz CT molecular complexity index is 2270. The predicted octanol–water partition coefficient (Wildman–Crippen LogP) is 10.7. The maximum Gasteiger partial charge on any atom is 0.226 e. The standard InChI is InChI=1S/C37H22ClN3S/c38-37-40-35(39-36(41-37)30-16-8-18-33-34(30)29-14-4-5-17-32(29)42-33)27-13-6-12-25(21-27)26-20-19-24-11-7-15-28(31(24)22-26)23-9-2-1-3-10-23/h1-22H. The zero-order valence-electron chi connectivity index (χ0n) is 22.3. The van der Waals surface area contributed by atoms with E-state index < -0.39 is 0 Å². The number of benzene rings is 6. The summed E-state index contributed by atoms with van der Waals surface area (Å²) in [4.78, 5) is 14.1. The lowest BCUT2D eigenvalue weighted by atomic mass is 9.94. The van der Waals surface area contributed by atoms with E-state index >= 15 is 0 Å². The molecule has 0 spiro atoms. The van der Waals surface area contributed by atoms with Gasteiger partial charge in [-0.2, -0.15) is 9.97 Å². The minimum absolute atomic E-state index is 0.176. The molecule has 0 aliphatic rings. The van der Waals surface area contributed by atoms with Crippen LogP contribution in [0.2, 0.25) is 5.28 Å². The van der Waals surface area contributed by atoms with Gasteiger partial charge in [-0.3, -0.25) is 0 Å². The average Bonchev–Trinajstić information content (AvgIpc) is 3.43. The summed E-state index contributed by atoms with van der Waals surface area (Å²) in [5.41, 5.74) is 6.47. The molecule has 42 heavy (non-hydrogen) atoms. The van der Waals surface area contributed by atoms with Crippen LogP contribution in [0.4, 0.5) is 0 Å². The molecular weight excluding hydrogens is 554 g/mol. The Morgan fingerprint density at radius 3 is 2.07 bits per heavy atom. The quantitative estimate of drug-likeness (QED) is 0.209. The smallest absolute Gasteiger partial charge is 0.208 e. The Kier molecular flexibility index (Phi) is 6.03. The highest BCUT2D eigenvalue weighted by Crippen LogP contribution is 2.39. The fraction of sp³-hybridized carbons (Fsp3) is 0. The Morgan fingerprint density at radius 1 is 0.452 bits per heavy atom. The SMILES string of the molecule is Clc1nc(-c2cccc(-c3ccc4cccc(-c5ccccc5)c4c3)c2)nc(-c2cccc3sc4ccccc4c23)n1. The van der Waals surface area contributed by atoms with E-state index in [9.17, 15) is 0 Å². The fourth-order valence-corrected chi connectivity index (χ4v) is 7.01. The molecule has 0 unspecified atom stereocenters. The van der Waals surface area contributed by atoms with Crippen LogP contribution in [0, 0.1) is 0 Å². The van der Waals surface area contributed by atoms with Gasteiger partial charge in [-0.15, -0.1) is 11.3 Å². The van der Waals surface area contributed by atoms with Crippen LogP contribution in [-0.2, 0) is 0 Å². The third kappa shape index (κ3) is 4.33. The third-order valence-electron chi connectivity index (χ3n) is 7.67. The molecule has 0 saturated heterocycles.